The van der Waals surface area contributed by atoms with E-state index in [2.05, 4.69) is 4.74 Å². The van der Waals surface area contributed by atoms with Gasteiger partial charge in [0.2, 0.25) is 0 Å². The lowest BCUT2D eigenvalue weighted by Gasteiger charge is -2.22. The van der Waals surface area contributed by atoms with Crippen LogP contribution in [0.3, 0.4) is 0 Å². The number of carbonyl (C=O) groups is 2. The van der Waals surface area contributed by atoms with Crippen LogP contribution in [0.5, 0.6) is 0 Å². The van der Waals surface area contributed by atoms with Gasteiger partial charge in [0.15, 0.2) is 0 Å². The van der Waals surface area contributed by atoms with E-state index in [4.69, 9.17) is 5.11 Å². The second kappa shape index (κ2) is 6.70. The van der Waals surface area contributed by atoms with E-state index in [0.29, 0.717) is 5.69 Å². The molecule has 1 N–H and O–H groups in total. The Morgan fingerprint density at radius 3 is 2.50 bits per heavy atom. The molecule has 0 radical (unpaired) electrons. The molecule has 0 saturated carbocycles. The van der Waals surface area contributed by atoms with Crippen LogP contribution in [0.15, 0.2) is 30.3 Å². The van der Waals surface area contributed by atoms with Crippen LogP contribution in [-0.2, 0) is 14.3 Å². The maximum absolute atomic E-state index is 13.5. The highest BCUT2D eigenvalue weighted by molar-refractivity contribution is 6.08. The molecule has 18 heavy (non-hydrogen) atoms. The molecule has 98 valence electrons. The molecular formula is C12H14FNO4. The molecule has 1 aromatic carbocycles. The number of hydrogen-bond donors (Lipinski definition) is 1. The van der Waals surface area contributed by atoms with E-state index in [-0.39, 0.29) is 13.2 Å². The van der Waals surface area contributed by atoms with Gasteiger partial charge in [0.05, 0.1) is 13.7 Å². The third-order valence-corrected chi connectivity index (χ3v) is 2.28. The summed E-state index contributed by atoms with van der Waals surface area (Å²) in [7, 11) is 1.00. The van der Waals surface area contributed by atoms with Crippen LogP contribution in [0, 0.1) is 0 Å². The monoisotopic (exact) mass is 255 g/mol. The number of anilines is 1. The first-order chi connectivity index (χ1) is 8.61. The standard InChI is InChI=1S/C12H14FNO4/c1-18-12(17)10(13)11(16)14(7-8-15)9-5-3-2-4-6-9/h2-6,10,15H,7-8H2,1H3. The van der Waals surface area contributed by atoms with Gasteiger partial charge in [0.1, 0.15) is 0 Å². The molecule has 0 saturated heterocycles. The van der Waals surface area contributed by atoms with E-state index in [1.807, 2.05) is 0 Å². The highest BCUT2D eigenvalue weighted by Crippen LogP contribution is 2.15. The lowest BCUT2D eigenvalue weighted by Crippen LogP contribution is -2.42. The van der Waals surface area contributed by atoms with Crippen LogP contribution < -0.4 is 4.90 Å². The zero-order valence-corrected chi connectivity index (χ0v) is 9.88. The number of esters is 1. The van der Waals surface area contributed by atoms with Crippen molar-refractivity contribution in [2.45, 2.75) is 6.17 Å². The number of aliphatic hydroxyl groups is 1. The van der Waals surface area contributed by atoms with Crippen LogP contribution >= 0.6 is 0 Å². The maximum atomic E-state index is 13.5. The smallest absolute Gasteiger partial charge is 0.350 e. The third-order valence-electron chi connectivity index (χ3n) is 2.28. The number of nitrogens with zero attached hydrogens (tertiary/aromatic N) is 1. The second-order valence-electron chi connectivity index (χ2n) is 3.43. The van der Waals surface area contributed by atoms with Gasteiger partial charge in [0, 0.05) is 12.2 Å². The van der Waals surface area contributed by atoms with Gasteiger partial charge in [-0.15, -0.1) is 0 Å². The summed E-state index contributed by atoms with van der Waals surface area (Å²) in [4.78, 5) is 23.8. The first kappa shape index (κ1) is 14.1. The summed E-state index contributed by atoms with van der Waals surface area (Å²) < 4.78 is 17.7. The number of alkyl halides is 1. The number of hydrogen-bond acceptors (Lipinski definition) is 4. The Kier molecular flexibility index (Phi) is 5.26. The Hall–Kier alpha value is -1.95. The molecule has 1 aromatic rings. The molecule has 0 bridgehead atoms. The topological polar surface area (TPSA) is 66.8 Å². The van der Waals surface area contributed by atoms with Crippen molar-refractivity contribution in [2.75, 3.05) is 25.2 Å². The van der Waals surface area contributed by atoms with E-state index in [1.165, 1.54) is 0 Å². The van der Waals surface area contributed by atoms with Crippen molar-refractivity contribution in [2.24, 2.45) is 0 Å². The lowest BCUT2D eigenvalue weighted by molar-refractivity contribution is -0.150. The van der Waals surface area contributed by atoms with Crippen molar-refractivity contribution < 1.29 is 23.8 Å². The zero-order chi connectivity index (χ0) is 13.5. The first-order valence-electron chi connectivity index (χ1n) is 5.31. The Balaban J connectivity index is 2.92. The predicted molar refractivity (Wildman–Crippen MR) is 62.8 cm³/mol. The van der Waals surface area contributed by atoms with Gasteiger partial charge in [-0.05, 0) is 12.1 Å². The molecule has 0 aliphatic rings. The first-order valence-corrected chi connectivity index (χ1v) is 5.31. The Bertz CT molecular complexity index is 410. The molecule has 0 heterocycles. The molecule has 1 unspecified atom stereocenters. The van der Waals surface area contributed by atoms with E-state index in [1.54, 1.807) is 30.3 Å². The number of methoxy groups -OCH3 is 1. The van der Waals surface area contributed by atoms with Gasteiger partial charge in [-0.3, -0.25) is 4.79 Å². The van der Waals surface area contributed by atoms with E-state index in [0.717, 1.165) is 12.0 Å². The van der Waals surface area contributed by atoms with Gasteiger partial charge < -0.3 is 14.7 Å². The molecule has 6 heteroatoms. The van der Waals surface area contributed by atoms with Gasteiger partial charge >= 0.3 is 5.97 Å². The molecule has 0 aromatic heterocycles. The number of carbonyl (C=O) groups excluding carboxylic acids is 2. The van der Waals surface area contributed by atoms with E-state index >= 15 is 0 Å². The van der Waals surface area contributed by atoms with Crippen molar-refractivity contribution in [3.63, 3.8) is 0 Å². The summed E-state index contributed by atoms with van der Waals surface area (Å²) in [6, 6.07) is 8.23. The highest BCUT2D eigenvalue weighted by Gasteiger charge is 2.31. The molecule has 0 aliphatic heterocycles. The van der Waals surface area contributed by atoms with Crippen molar-refractivity contribution in [1.82, 2.24) is 0 Å². The molecular weight excluding hydrogens is 241 g/mol. The number of halogens is 1. The summed E-state index contributed by atoms with van der Waals surface area (Å²) in [5.41, 5.74) is 0.406. The van der Waals surface area contributed by atoms with Crippen LogP contribution in [0.25, 0.3) is 0 Å². The molecule has 0 fully saturated rings. The maximum Gasteiger partial charge on any atom is 0.350 e. The van der Waals surface area contributed by atoms with Crippen LogP contribution in [-0.4, -0.2) is 43.4 Å². The Labute approximate surface area is 104 Å². The van der Waals surface area contributed by atoms with Crippen molar-refractivity contribution in [3.05, 3.63) is 30.3 Å². The third kappa shape index (κ3) is 3.27. The fraction of sp³-hybridized carbons (Fsp3) is 0.333. The summed E-state index contributed by atoms with van der Waals surface area (Å²) in [6.45, 7) is -0.436. The van der Waals surface area contributed by atoms with E-state index < -0.39 is 18.0 Å². The van der Waals surface area contributed by atoms with Crippen LogP contribution in [0.4, 0.5) is 10.1 Å². The molecule has 1 rings (SSSR count). The van der Waals surface area contributed by atoms with Crippen LogP contribution in [0.2, 0.25) is 0 Å². The molecule has 5 nitrogen and oxygen atoms in total. The SMILES string of the molecule is COC(=O)C(F)C(=O)N(CCO)c1ccccc1. The van der Waals surface area contributed by atoms with Gasteiger partial charge in [-0.2, -0.15) is 0 Å². The van der Waals surface area contributed by atoms with Crippen molar-refractivity contribution in [1.29, 1.82) is 0 Å². The summed E-state index contributed by atoms with van der Waals surface area (Å²) in [5.74, 6) is -2.30. The van der Waals surface area contributed by atoms with Gasteiger partial charge in [-0.25, -0.2) is 9.18 Å². The summed E-state index contributed by atoms with van der Waals surface area (Å²) in [5, 5.41) is 8.89. The fourth-order valence-corrected chi connectivity index (χ4v) is 1.42. The largest absolute Gasteiger partial charge is 0.466 e. The van der Waals surface area contributed by atoms with Gasteiger partial charge in [0.25, 0.3) is 12.1 Å². The number of ether oxygens (including phenoxy) is 1. The molecule has 0 spiro atoms. The number of aliphatic hydroxyl groups excluding tert-OH is 1. The van der Waals surface area contributed by atoms with E-state index in [9.17, 15) is 14.0 Å². The molecule has 1 atom stereocenters. The summed E-state index contributed by atoms with van der Waals surface area (Å²) >= 11 is 0. The zero-order valence-electron chi connectivity index (χ0n) is 9.88. The predicted octanol–water partition coefficient (Wildman–Crippen LogP) is 0.523. The van der Waals surface area contributed by atoms with Crippen molar-refractivity contribution >= 4 is 17.6 Å². The highest BCUT2D eigenvalue weighted by atomic mass is 19.1. The second-order valence-corrected chi connectivity index (χ2v) is 3.43. The molecule has 1 amide bonds. The quantitative estimate of drug-likeness (QED) is 0.615. The van der Waals surface area contributed by atoms with Gasteiger partial charge in [-0.1, -0.05) is 18.2 Å². The minimum absolute atomic E-state index is 0.0970. The number of para-hydroxylation sites is 1. The minimum Gasteiger partial charge on any atom is -0.466 e. The number of rotatable bonds is 5. The minimum atomic E-state index is -2.39. The summed E-state index contributed by atoms with van der Waals surface area (Å²) in [6.07, 6.45) is -2.39. The normalized spacial score (nSPS) is 11.7. The number of benzene rings is 1. The Morgan fingerprint density at radius 2 is 2.00 bits per heavy atom. The Morgan fingerprint density at radius 1 is 1.39 bits per heavy atom. The average molecular weight is 255 g/mol. The lowest BCUT2D eigenvalue weighted by atomic mass is 10.2. The number of amides is 1. The molecule has 0 aliphatic carbocycles. The van der Waals surface area contributed by atoms with Crippen molar-refractivity contribution in [3.8, 4) is 0 Å². The average Bonchev–Trinajstić information content (AvgIpc) is 2.43. The fourth-order valence-electron chi connectivity index (χ4n) is 1.42. The van der Waals surface area contributed by atoms with Crippen LogP contribution in [0.1, 0.15) is 0 Å².